The predicted molar refractivity (Wildman–Crippen MR) is 11.7 cm³/mol. The van der Waals surface area contributed by atoms with Gasteiger partial charge in [-0.25, -0.2) is 4.79 Å². The Morgan fingerprint density at radius 1 is 1.67 bits per heavy atom. The molecule has 0 aliphatic carbocycles. The summed E-state index contributed by atoms with van der Waals surface area (Å²) in [6.07, 6.45) is -1.69. The summed E-state index contributed by atoms with van der Waals surface area (Å²) < 4.78 is 0. The number of carboxylic acid groups (broad SMARTS) is 1. The van der Waals surface area contributed by atoms with Crippen molar-refractivity contribution in [3.8, 4) is 0 Å². The molecular weight excluding hydrogens is 128 g/mol. The van der Waals surface area contributed by atoms with Gasteiger partial charge in [-0.3, -0.25) is 4.89 Å². The van der Waals surface area contributed by atoms with Crippen LogP contribution < -0.4 is 0 Å². The summed E-state index contributed by atoms with van der Waals surface area (Å²) in [6.45, 7) is 0. The predicted octanol–water partition coefficient (Wildman–Crippen LogP) is 0.151. The molecule has 0 spiro atoms. The van der Waals surface area contributed by atoms with Gasteiger partial charge in [-0.05, 0) is 0 Å². The molecule has 2 N–H and O–H groups in total. The second kappa shape index (κ2) is 4.76. The molecule has 0 aromatic rings. The molecule has 0 unspecified atom stereocenters. The second-order valence-corrected chi connectivity index (χ2v) is 0.357. The SMILES string of the molecule is O=C(O)OO.[Cr]. The van der Waals surface area contributed by atoms with Crippen molar-refractivity contribution in [2.24, 2.45) is 0 Å². The summed E-state index contributed by atoms with van der Waals surface area (Å²) in [5.41, 5.74) is 0. The van der Waals surface area contributed by atoms with Gasteiger partial charge < -0.3 is 5.11 Å². The van der Waals surface area contributed by atoms with E-state index in [1.165, 1.54) is 0 Å². The molecule has 0 atom stereocenters. The Kier molecular flexibility index (Phi) is 7.33. The first kappa shape index (κ1) is 9.23. The van der Waals surface area contributed by atoms with E-state index in [-0.39, 0.29) is 17.4 Å². The van der Waals surface area contributed by atoms with Gasteiger partial charge in [-0.15, -0.1) is 0 Å². The molecule has 0 aliphatic heterocycles. The van der Waals surface area contributed by atoms with Gasteiger partial charge in [-0.1, -0.05) is 0 Å². The Labute approximate surface area is 44.4 Å². The van der Waals surface area contributed by atoms with E-state index in [9.17, 15) is 0 Å². The molecule has 6 heavy (non-hydrogen) atoms. The second-order valence-electron chi connectivity index (χ2n) is 0.357. The molecule has 0 saturated carbocycles. The minimum atomic E-state index is -1.69. The number of hydrogen-bond acceptors (Lipinski definition) is 3. The number of rotatable bonds is 0. The molecular formula is CH2CrO4. The third kappa shape index (κ3) is 9.24. The van der Waals surface area contributed by atoms with E-state index < -0.39 is 6.16 Å². The van der Waals surface area contributed by atoms with Gasteiger partial charge in [0.05, 0.1) is 0 Å². The summed E-state index contributed by atoms with van der Waals surface area (Å²) in [5.74, 6) is 0. The summed E-state index contributed by atoms with van der Waals surface area (Å²) in [7, 11) is 0. The minimum Gasteiger partial charge on any atom is -0.448 e. The zero-order valence-electron chi connectivity index (χ0n) is 2.62. The normalized spacial score (nSPS) is 5.50. The molecule has 0 rings (SSSR count). The zero-order valence-corrected chi connectivity index (χ0v) is 3.89. The summed E-state index contributed by atoms with van der Waals surface area (Å²) in [5, 5.41) is 14.3. The fourth-order valence-electron chi connectivity index (χ4n) is 0. The molecule has 0 bridgehead atoms. The van der Waals surface area contributed by atoms with Gasteiger partial charge in [0.1, 0.15) is 0 Å². The number of hydrogen-bond donors (Lipinski definition) is 2. The molecule has 0 aromatic carbocycles. The minimum absolute atomic E-state index is 0. The summed E-state index contributed by atoms with van der Waals surface area (Å²) in [4.78, 5) is 11.6. The van der Waals surface area contributed by atoms with E-state index in [0.717, 1.165) is 0 Å². The van der Waals surface area contributed by atoms with E-state index in [1.807, 2.05) is 0 Å². The van der Waals surface area contributed by atoms with Gasteiger partial charge in [0, 0.05) is 17.4 Å². The summed E-state index contributed by atoms with van der Waals surface area (Å²) >= 11 is 0. The Morgan fingerprint density at radius 3 is 1.83 bits per heavy atom. The van der Waals surface area contributed by atoms with Crippen LogP contribution in [0.2, 0.25) is 0 Å². The van der Waals surface area contributed by atoms with Gasteiger partial charge in [-0.2, -0.15) is 5.26 Å². The van der Waals surface area contributed by atoms with Crippen molar-refractivity contribution in [3.63, 3.8) is 0 Å². The third-order valence-corrected chi connectivity index (χ3v) is 0.0781. The average molecular weight is 130 g/mol. The molecule has 0 aliphatic rings. The van der Waals surface area contributed by atoms with Crippen molar-refractivity contribution in [2.45, 2.75) is 0 Å². The Balaban J connectivity index is 0. The number of carbonyl (C=O) groups is 1. The standard InChI is InChI=1S/CH2O4.Cr/c2-1(3)5-4;/h4H,(H,2,3);. The van der Waals surface area contributed by atoms with Gasteiger partial charge >= 0.3 is 6.16 Å². The molecule has 36 valence electrons. The van der Waals surface area contributed by atoms with E-state index in [4.69, 9.17) is 15.2 Å². The summed E-state index contributed by atoms with van der Waals surface area (Å²) in [6, 6.07) is 0. The van der Waals surface area contributed by atoms with Crippen LogP contribution in [0.25, 0.3) is 0 Å². The van der Waals surface area contributed by atoms with Crippen LogP contribution in [-0.2, 0) is 22.2 Å². The van der Waals surface area contributed by atoms with Crippen molar-refractivity contribution in [1.29, 1.82) is 0 Å². The van der Waals surface area contributed by atoms with Crippen LogP contribution in [0.4, 0.5) is 4.79 Å². The largest absolute Gasteiger partial charge is 0.537 e. The van der Waals surface area contributed by atoms with Crippen LogP contribution in [0.5, 0.6) is 0 Å². The molecule has 0 radical (unpaired) electrons. The maximum atomic E-state index is 8.90. The Bertz CT molecular complexity index is 42.8. The molecule has 0 fully saturated rings. The fourth-order valence-corrected chi connectivity index (χ4v) is 0. The Hall–Kier alpha value is -0.238. The maximum Gasteiger partial charge on any atom is 0.537 e. The van der Waals surface area contributed by atoms with E-state index in [2.05, 4.69) is 4.89 Å². The van der Waals surface area contributed by atoms with E-state index in [1.54, 1.807) is 0 Å². The Morgan fingerprint density at radius 2 is 1.83 bits per heavy atom. The van der Waals surface area contributed by atoms with Crippen molar-refractivity contribution in [2.75, 3.05) is 0 Å². The van der Waals surface area contributed by atoms with Crippen LogP contribution in [0.3, 0.4) is 0 Å². The average Bonchev–Trinajstić information content (AvgIpc) is 1.38. The van der Waals surface area contributed by atoms with Crippen molar-refractivity contribution >= 4 is 6.16 Å². The van der Waals surface area contributed by atoms with Crippen LogP contribution in [-0.4, -0.2) is 16.5 Å². The third-order valence-electron chi connectivity index (χ3n) is 0.0781. The zero-order chi connectivity index (χ0) is 4.28. The molecule has 4 nitrogen and oxygen atoms in total. The topological polar surface area (TPSA) is 66.8 Å². The first-order chi connectivity index (χ1) is 2.27. The van der Waals surface area contributed by atoms with E-state index >= 15 is 0 Å². The van der Waals surface area contributed by atoms with Crippen LogP contribution in [0.15, 0.2) is 0 Å². The van der Waals surface area contributed by atoms with Gasteiger partial charge in [0.2, 0.25) is 0 Å². The van der Waals surface area contributed by atoms with Crippen molar-refractivity contribution in [3.05, 3.63) is 0 Å². The molecule has 0 saturated heterocycles. The van der Waals surface area contributed by atoms with Crippen LogP contribution in [0, 0.1) is 0 Å². The monoisotopic (exact) mass is 130 g/mol. The molecule has 0 aromatic heterocycles. The van der Waals surface area contributed by atoms with Gasteiger partial charge in [0.25, 0.3) is 0 Å². The van der Waals surface area contributed by atoms with E-state index in [0.29, 0.717) is 0 Å². The first-order valence-electron chi connectivity index (χ1n) is 0.814. The maximum absolute atomic E-state index is 8.90. The van der Waals surface area contributed by atoms with Gasteiger partial charge in [0.15, 0.2) is 0 Å². The quantitative estimate of drug-likeness (QED) is 0.361. The fraction of sp³-hybridized carbons (Fsp3) is 0. The van der Waals surface area contributed by atoms with Crippen molar-refractivity contribution in [1.82, 2.24) is 0 Å². The van der Waals surface area contributed by atoms with Crippen LogP contribution >= 0.6 is 0 Å². The molecule has 5 heteroatoms. The molecule has 0 amide bonds. The van der Waals surface area contributed by atoms with Crippen LogP contribution in [0.1, 0.15) is 0 Å². The smallest absolute Gasteiger partial charge is 0.448 e. The van der Waals surface area contributed by atoms with Crippen molar-refractivity contribution < 1.29 is 37.4 Å². The first-order valence-corrected chi connectivity index (χ1v) is 0.814. The molecule has 0 heterocycles.